The summed E-state index contributed by atoms with van der Waals surface area (Å²) < 4.78 is 0. The van der Waals surface area contributed by atoms with Crippen LogP contribution < -0.4 is 10.2 Å². The summed E-state index contributed by atoms with van der Waals surface area (Å²) in [5.74, 6) is 0.188. The van der Waals surface area contributed by atoms with E-state index in [1.165, 1.54) is 17.8 Å². The molecular formula is C20H24N4O3. The van der Waals surface area contributed by atoms with Crippen molar-refractivity contribution in [3.8, 4) is 0 Å². The standard InChI is InChI=1S/C20H24N4O3/c25-20(7-4-12-21-17-8-10-19(11-9-17)24(26)27)23-15-13-22(14-16-23)18-5-2-1-3-6-18/h1-3,5-6,8-11,21H,4,7,12-16H2. The highest BCUT2D eigenvalue weighted by Crippen LogP contribution is 2.17. The molecule has 1 saturated heterocycles. The second-order valence-electron chi connectivity index (χ2n) is 6.54. The largest absolute Gasteiger partial charge is 0.385 e. The van der Waals surface area contributed by atoms with Gasteiger partial charge in [-0.3, -0.25) is 14.9 Å². The Labute approximate surface area is 158 Å². The lowest BCUT2D eigenvalue weighted by Crippen LogP contribution is -2.48. The van der Waals surface area contributed by atoms with Crippen molar-refractivity contribution in [2.75, 3.05) is 42.9 Å². The summed E-state index contributed by atoms with van der Waals surface area (Å²) in [5.41, 5.74) is 2.10. The fourth-order valence-electron chi connectivity index (χ4n) is 3.18. The van der Waals surface area contributed by atoms with Gasteiger partial charge in [0.15, 0.2) is 0 Å². The highest BCUT2D eigenvalue weighted by Gasteiger charge is 2.20. The van der Waals surface area contributed by atoms with Crippen LogP contribution in [0.25, 0.3) is 0 Å². The topological polar surface area (TPSA) is 78.7 Å². The zero-order valence-electron chi connectivity index (χ0n) is 15.2. The van der Waals surface area contributed by atoms with Gasteiger partial charge in [-0.25, -0.2) is 0 Å². The number of hydrogen-bond donors (Lipinski definition) is 1. The maximum Gasteiger partial charge on any atom is 0.269 e. The van der Waals surface area contributed by atoms with Crippen molar-refractivity contribution in [2.45, 2.75) is 12.8 Å². The second-order valence-corrected chi connectivity index (χ2v) is 6.54. The summed E-state index contributed by atoms with van der Waals surface area (Å²) in [6.45, 7) is 3.88. The van der Waals surface area contributed by atoms with Crippen molar-refractivity contribution in [1.82, 2.24) is 4.90 Å². The van der Waals surface area contributed by atoms with Crippen LogP contribution in [0.5, 0.6) is 0 Å². The molecule has 1 heterocycles. The number of hydrogen-bond acceptors (Lipinski definition) is 5. The highest BCUT2D eigenvalue weighted by atomic mass is 16.6. The van der Waals surface area contributed by atoms with Gasteiger partial charge in [-0.1, -0.05) is 18.2 Å². The molecule has 0 spiro atoms. The lowest BCUT2D eigenvalue weighted by atomic mass is 10.2. The molecule has 0 atom stereocenters. The number of nitrogens with zero attached hydrogens (tertiary/aromatic N) is 3. The number of nitro benzene ring substituents is 1. The second kappa shape index (κ2) is 9.02. The molecule has 1 fully saturated rings. The number of anilines is 2. The van der Waals surface area contributed by atoms with Crippen LogP contribution in [-0.4, -0.2) is 48.5 Å². The third kappa shape index (κ3) is 5.20. The zero-order valence-corrected chi connectivity index (χ0v) is 15.2. The third-order valence-electron chi connectivity index (χ3n) is 4.73. The average molecular weight is 368 g/mol. The quantitative estimate of drug-likeness (QED) is 0.461. The molecule has 27 heavy (non-hydrogen) atoms. The van der Waals surface area contributed by atoms with E-state index in [1.807, 2.05) is 23.1 Å². The monoisotopic (exact) mass is 368 g/mol. The molecule has 0 aromatic heterocycles. The molecule has 1 N–H and O–H groups in total. The molecule has 3 rings (SSSR count). The van der Waals surface area contributed by atoms with Crippen LogP contribution in [-0.2, 0) is 4.79 Å². The summed E-state index contributed by atoms with van der Waals surface area (Å²) in [4.78, 5) is 26.8. The lowest BCUT2D eigenvalue weighted by molar-refractivity contribution is -0.384. The van der Waals surface area contributed by atoms with Gasteiger partial charge in [0.2, 0.25) is 5.91 Å². The molecule has 1 aliphatic rings. The van der Waals surface area contributed by atoms with Crippen molar-refractivity contribution in [3.05, 3.63) is 64.7 Å². The number of piperazine rings is 1. The maximum absolute atomic E-state index is 12.4. The Morgan fingerprint density at radius 2 is 1.67 bits per heavy atom. The molecule has 7 nitrogen and oxygen atoms in total. The van der Waals surface area contributed by atoms with E-state index in [2.05, 4.69) is 22.3 Å². The van der Waals surface area contributed by atoms with Crippen molar-refractivity contribution in [3.63, 3.8) is 0 Å². The van der Waals surface area contributed by atoms with Crippen molar-refractivity contribution < 1.29 is 9.72 Å². The predicted octanol–water partition coefficient (Wildman–Crippen LogP) is 3.14. The first-order chi connectivity index (χ1) is 13.1. The first-order valence-electron chi connectivity index (χ1n) is 9.19. The molecule has 0 unspecified atom stereocenters. The predicted molar refractivity (Wildman–Crippen MR) is 106 cm³/mol. The van der Waals surface area contributed by atoms with Gasteiger partial charge < -0.3 is 15.1 Å². The van der Waals surface area contributed by atoms with E-state index < -0.39 is 4.92 Å². The number of nitrogens with one attached hydrogen (secondary N) is 1. The Morgan fingerprint density at radius 3 is 2.30 bits per heavy atom. The number of para-hydroxylation sites is 1. The van der Waals surface area contributed by atoms with Crippen LogP contribution in [0.1, 0.15) is 12.8 Å². The Kier molecular flexibility index (Phi) is 6.25. The Hall–Kier alpha value is -3.09. The molecule has 1 amide bonds. The minimum absolute atomic E-state index is 0.0744. The summed E-state index contributed by atoms with van der Waals surface area (Å²) in [7, 11) is 0. The van der Waals surface area contributed by atoms with E-state index in [9.17, 15) is 14.9 Å². The average Bonchev–Trinajstić information content (AvgIpc) is 2.72. The van der Waals surface area contributed by atoms with Crippen molar-refractivity contribution in [1.29, 1.82) is 0 Å². The normalized spacial score (nSPS) is 14.1. The van der Waals surface area contributed by atoms with Gasteiger partial charge in [0.1, 0.15) is 0 Å². The number of amides is 1. The SMILES string of the molecule is O=C(CCCNc1ccc([N+](=O)[O-])cc1)N1CCN(c2ccccc2)CC1. The minimum atomic E-state index is -0.417. The molecule has 0 bridgehead atoms. The molecule has 142 valence electrons. The molecule has 7 heteroatoms. The van der Waals surface area contributed by atoms with Crippen molar-refractivity contribution in [2.24, 2.45) is 0 Å². The number of benzene rings is 2. The van der Waals surface area contributed by atoms with E-state index in [0.717, 1.165) is 38.3 Å². The molecule has 0 radical (unpaired) electrons. The number of nitro groups is 1. The number of rotatable bonds is 7. The minimum Gasteiger partial charge on any atom is -0.385 e. The number of carbonyl (C=O) groups excluding carboxylic acids is 1. The first kappa shape index (κ1) is 18.7. The number of carbonyl (C=O) groups is 1. The summed E-state index contributed by atoms with van der Waals surface area (Å²) >= 11 is 0. The fraction of sp³-hybridized carbons (Fsp3) is 0.350. The van der Waals surface area contributed by atoms with Gasteiger partial charge in [0.25, 0.3) is 5.69 Å². The number of non-ortho nitro benzene ring substituents is 1. The molecule has 2 aromatic carbocycles. The fourth-order valence-corrected chi connectivity index (χ4v) is 3.18. The summed E-state index contributed by atoms with van der Waals surface area (Å²) in [6, 6.07) is 16.6. The van der Waals surface area contributed by atoms with Gasteiger partial charge in [-0.05, 0) is 30.7 Å². The van der Waals surface area contributed by atoms with Gasteiger partial charge in [0.05, 0.1) is 4.92 Å². The van der Waals surface area contributed by atoms with E-state index >= 15 is 0 Å². The molecule has 2 aromatic rings. The molecule has 1 aliphatic heterocycles. The van der Waals surface area contributed by atoms with Gasteiger partial charge >= 0.3 is 0 Å². The summed E-state index contributed by atoms with van der Waals surface area (Å²) in [5, 5.41) is 13.8. The molecule has 0 aliphatic carbocycles. The van der Waals surface area contributed by atoms with E-state index in [4.69, 9.17) is 0 Å². The van der Waals surface area contributed by atoms with E-state index in [1.54, 1.807) is 12.1 Å². The van der Waals surface area contributed by atoms with Crippen molar-refractivity contribution >= 4 is 23.0 Å². The highest BCUT2D eigenvalue weighted by molar-refractivity contribution is 5.76. The van der Waals surface area contributed by atoms with E-state index in [-0.39, 0.29) is 11.6 Å². The van der Waals surface area contributed by atoms with Crippen LogP contribution in [0, 0.1) is 10.1 Å². The first-order valence-corrected chi connectivity index (χ1v) is 9.19. The van der Waals surface area contributed by atoms with Gasteiger partial charge in [-0.2, -0.15) is 0 Å². The van der Waals surface area contributed by atoms with E-state index in [0.29, 0.717) is 13.0 Å². The van der Waals surface area contributed by atoms with Gasteiger partial charge in [-0.15, -0.1) is 0 Å². The van der Waals surface area contributed by atoms with Crippen LogP contribution in [0.15, 0.2) is 54.6 Å². The molecular weight excluding hydrogens is 344 g/mol. The lowest BCUT2D eigenvalue weighted by Gasteiger charge is -2.36. The van der Waals surface area contributed by atoms with Crippen LogP contribution >= 0.6 is 0 Å². The zero-order chi connectivity index (χ0) is 19.1. The summed E-state index contributed by atoms with van der Waals surface area (Å²) in [6.07, 6.45) is 1.24. The van der Waals surface area contributed by atoms with Crippen LogP contribution in [0.4, 0.5) is 17.1 Å². The van der Waals surface area contributed by atoms with Gasteiger partial charge in [0, 0.05) is 62.7 Å². The van der Waals surface area contributed by atoms with Crippen LogP contribution in [0.3, 0.4) is 0 Å². The Bertz CT molecular complexity index is 757. The van der Waals surface area contributed by atoms with Crippen LogP contribution in [0.2, 0.25) is 0 Å². The molecule has 0 saturated carbocycles. The Balaban J connectivity index is 1.36. The maximum atomic E-state index is 12.4. The smallest absolute Gasteiger partial charge is 0.269 e. The Morgan fingerprint density at radius 1 is 1.00 bits per heavy atom. The third-order valence-corrected chi connectivity index (χ3v) is 4.73.